The predicted molar refractivity (Wildman–Crippen MR) is 91.9 cm³/mol. The first kappa shape index (κ1) is 21.8. The third-order valence-corrected chi connectivity index (χ3v) is 3.71. The largest absolute Gasteiger partial charge is 0.317 e. The van der Waals surface area contributed by atoms with Crippen molar-refractivity contribution >= 4 is 24.0 Å². The van der Waals surface area contributed by atoms with Gasteiger partial charge in [0.15, 0.2) is 0 Å². The molecule has 118 valence electrons. The van der Waals surface area contributed by atoms with Gasteiger partial charge in [0.1, 0.15) is 0 Å². The van der Waals surface area contributed by atoms with Crippen LogP contribution in [0.3, 0.4) is 0 Å². The molecule has 0 aliphatic heterocycles. The molecular weight excluding hydrogens is 277 g/mol. The lowest BCUT2D eigenvalue weighted by molar-refractivity contribution is 0.540. The molecular formula is C16H35Cl2N. The first-order valence-electron chi connectivity index (χ1n) is 8.18. The van der Waals surface area contributed by atoms with Crippen molar-refractivity contribution in [2.45, 2.75) is 84.0 Å². The monoisotopic (exact) mass is 311 g/mol. The number of unbranched alkanes of at least 4 members (excludes halogenated alkanes) is 10. The summed E-state index contributed by atoms with van der Waals surface area (Å²) < 4.78 is 0. The van der Waals surface area contributed by atoms with E-state index in [0.717, 1.165) is 18.8 Å². The van der Waals surface area contributed by atoms with Crippen LogP contribution in [-0.4, -0.2) is 19.0 Å². The number of hydrogen-bond acceptors (Lipinski definition) is 1. The first-order valence-corrected chi connectivity index (χ1v) is 8.72. The summed E-state index contributed by atoms with van der Waals surface area (Å²) in [6.07, 6.45) is 16.6. The second-order valence-corrected chi connectivity index (χ2v) is 5.71. The lowest BCUT2D eigenvalue weighted by atomic mass is 10.1. The van der Waals surface area contributed by atoms with E-state index in [0.29, 0.717) is 0 Å². The highest BCUT2D eigenvalue weighted by molar-refractivity contribution is 6.17. The Balaban J connectivity index is 0. The second kappa shape index (κ2) is 20.8. The number of rotatable bonds is 15. The van der Waals surface area contributed by atoms with Crippen LogP contribution in [0.1, 0.15) is 84.0 Å². The van der Waals surface area contributed by atoms with E-state index in [1.165, 1.54) is 77.2 Å². The molecule has 0 spiro atoms. The average molecular weight is 312 g/mol. The molecule has 0 aliphatic rings. The van der Waals surface area contributed by atoms with Crippen molar-refractivity contribution in [1.82, 2.24) is 5.32 Å². The van der Waals surface area contributed by atoms with Crippen molar-refractivity contribution in [3.05, 3.63) is 0 Å². The van der Waals surface area contributed by atoms with Crippen LogP contribution >= 0.6 is 24.0 Å². The summed E-state index contributed by atoms with van der Waals surface area (Å²) in [5.74, 6) is 0.805. The zero-order valence-corrected chi connectivity index (χ0v) is 14.5. The normalized spacial score (nSPS) is 10.4. The molecule has 19 heavy (non-hydrogen) atoms. The molecule has 0 rings (SSSR count). The molecule has 0 unspecified atom stereocenters. The SMILES string of the molecule is CCCCCCCCCCCCNCCCCCl.Cl. The van der Waals surface area contributed by atoms with Gasteiger partial charge in [0, 0.05) is 5.88 Å². The standard InChI is InChI=1S/C16H34ClN.ClH/c1-2-3-4-5-6-7-8-9-10-12-15-18-16-13-11-14-17;/h18H,2-16H2,1H3;1H. The minimum Gasteiger partial charge on any atom is -0.317 e. The van der Waals surface area contributed by atoms with E-state index in [1.54, 1.807) is 0 Å². The van der Waals surface area contributed by atoms with Gasteiger partial charge in [0.25, 0.3) is 0 Å². The van der Waals surface area contributed by atoms with Crippen LogP contribution < -0.4 is 5.32 Å². The minimum absolute atomic E-state index is 0. The van der Waals surface area contributed by atoms with Crippen LogP contribution in [0, 0.1) is 0 Å². The fraction of sp³-hybridized carbons (Fsp3) is 1.00. The molecule has 0 saturated carbocycles. The lowest BCUT2D eigenvalue weighted by Crippen LogP contribution is -2.16. The van der Waals surface area contributed by atoms with E-state index in [4.69, 9.17) is 11.6 Å². The van der Waals surface area contributed by atoms with E-state index in [1.807, 2.05) is 0 Å². The highest BCUT2D eigenvalue weighted by Crippen LogP contribution is 2.10. The van der Waals surface area contributed by atoms with Gasteiger partial charge in [-0.05, 0) is 32.4 Å². The summed E-state index contributed by atoms with van der Waals surface area (Å²) in [6, 6.07) is 0. The van der Waals surface area contributed by atoms with Crippen LogP contribution in [-0.2, 0) is 0 Å². The van der Waals surface area contributed by atoms with Crippen molar-refractivity contribution in [1.29, 1.82) is 0 Å². The van der Waals surface area contributed by atoms with Crippen LogP contribution in [0.15, 0.2) is 0 Å². The molecule has 0 amide bonds. The fourth-order valence-corrected chi connectivity index (χ4v) is 2.40. The van der Waals surface area contributed by atoms with Gasteiger partial charge in [-0.15, -0.1) is 24.0 Å². The summed E-state index contributed by atoms with van der Waals surface area (Å²) in [7, 11) is 0. The van der Waals surface area contributed by atoms with Gasteiger partial charge in [-0.2, -0.15) is 0 Å². The molecule has 0 aromatic rings. The number of halogens is 2. The Bertz CT molecular complexity index is 127. The van der Waals surface area contributed by atoms with Gasteiger partial charge in [-0.1, -0.05) is 64.7 Å². The second-order valence-electron chi connectivity index (χ2n) is 5.33. The number of nitrogens with one attached hydrogen (secondary N) is 1. The van der Waals surface area contributed by atoms with E-state index in [2.05, 4.69) is 12.2 Å². The molecule has 0 bridgehead atoms. The third-order valence-electron chi connectivity index (χ3n) is 3.44. The first-order chi connectivity index (χ1) is 8.91. The van der Waals surface area contributed by atoms with Gasteiger partial charge >= 0.3 is 0 Å². The summed E-state index contributed by atoms with van der Waals surface area (Å²) in [5, 5.41) is 3.49. The van der Waals surface area contributed by atoms with Crippen molar-refractivity contribution in [2.24, 2.45) is 0 Å². The summed E-state index contributed by atoms with van der Waals surface area (Å²) in [4.78, 5) is 0. The van der Waals surface area contributed by atoms with Crippen LogP contribution in [0.5, 0.6) is 0 Å². The van der Waals surface area contributed by atoms with Crippen molar-refractivity contribution in [3.63, 3.8) is 0 Å². The van der Waals surface area contributed by atoms with Gasteiger partial charge in [0.2, 0.25) is 0 Å². The molecule has 0 aromatic carbocycles. The Hall–Kier alpha value is 0.540. The number of hydrogen-bond donors (Lipinski definition) is 1. The Labute approximate surface area is 132 Å². The molecule has 3 heteroatoms. The smallest absolute Gasteiger partial charge is 0.0223 e. The average Bonchev–Trinajstić information content (AvgIpc) is 2.39. The van der Waals surface area contributed by atoms with E-state index in [-0.39, 0.29) is 12.4 Å². The quantitative estimate of drug-likeness (QED) is 0.291. The van der Waals surface area contributed by atoms with Crippen LogP contribution in [0.25, 0.3) is 0 Å². The summed E-state index contributed by atoms with van der Waals surface area (Å²) >= 11 is 5.62. The molecule has 0 aromatic heterocycles. The molecule has 0 saturated heterocycles. The van der Waals surface area contributed by atoms with Crippen molar-refractivity contribution < 1.29 is 0 Å². The topological polar surface area (TPSA) is 12.0 Å². The molecule has 1 nitrogen and oxygen atoms in total. The van der Waals surface area contributed by atoms with Crippen molar-refractivity contribution in [2.75, 3.05) is 19.0 Å². The highest BCUT2D eigenvalue weighted by Gasteiger charge is 1.93. The maximum Gasteiger partial charge on any atom is 0.0223 e. The van der Waals surface area contributed by atoms with Crippen LogP contribution in [0.2, 0.25) is 0 Å². The zero-order chi connectivity index (χ0) is 13.3. The highest BCUT2D eigenvalue weighted by atomic mass is 35.5. The minimum atomic E-state index is 0. The van der Waals surface area contributed by atoms with Gasteiger partial charge in [-0.25, -0.2) is 0 Å². The molecule has 0 fully saturated rings. The van der Waals surface area contributed by atoms with E-state index in [9.17, 15) is 0 Å². The van der Waals surface area contributed by atoms with E-state index < -0.39 is 0 Å². The Morgan fingerprint density at radius 2 is 1.05 bits per heavy atom. The molecule has 0 aliphatic carbocycles. The molecule has 0 atom stereocenters. The predicted octanol–water partition coefficient (Wildman–Crippen LogP) is 5.94. The lowest BCUT2D eigenvalue weighted by Gasteiger charge is -2.04. The molecule has 0 heterocycles. The maximum atomic E-state index is 5.62. The Kier molecular flexibility index (Phi) is 24.0. The van der Waals surface area contributed by atoms with Gasteiger partial charge in [-0.3, -0.25) is 0 Å². The van der Waals surface area contributed by atoms with Crippen LogP contribution in [0.4, 0.5) is 0 Å². The fourth-order valence-electron chi connectivity index (χ4n) is 2.21. The summed E-state index contributed by atoms with van der Waals surface area (Å²) in [5.41, 5.74) is 0. The Morgan fingerprint density at radius 1 is 0.632 bits per heavy atom. The van der Waals surface area contributed by atoms with Gasteiger partial charge < -0.3 is 5.32 Å². The van der Waals surface area contributed by atoms with Gasteiger partial charge in [0.05, 0.1) is 0 Å². The van der Waals surface area contributed by atoms with Crippen molar-refractivity contribution in [3.8, 4) is 0 Å². The molecule has 1 N–H and O–H groups in total. The maximum absolute atomic E-state index is 5.62. The number of alkyl halides is 1. The molecule has 0 radical (unpaired) electrons. The van der Waals surface area contributed by atoms with E-state index >= 15 is 0 Å². The zero-order valence-electron chi connectivity index (χ0n) is 12.9. The third kappa shape index (κ3) is 21.0. The summed E-state index contributed by atoms with van der Waals surface area (Å²) in [6.45, 7) is 4.62. The Morgan fingerprint density at radius 3 is 1.53 bits per heavy atom.